The maximum absolute atomic E-state index is 11.6. The standard InChI is InChI=1S/C14H24N2O3S/c1-3-4-10-19-11-6-9-16-12-7-5-8-13(14(12)15)20(2,17)18/h5,7-8,16H,3-4,6,9-11,15H2,1-2H3. The predicted molar refractivity (Wildman–Crippen MR) is 82.8 cm³/mol. The third-order valence-corrected chi connectivity index (χ3v) is 4.04. The summed E-state index contributed by atoms with van der Waals surface area (Å²) in [4.78, 5) is 0.168. The van der Waals surface area contributed by atoms with Gasteiger partial charge in [0.05, 0.1) is 16.3 Å². The van der Waals surface area contributed by atoms with Crippen molar-refractivity contribution in [2.45, 2.75) is 31.1 Å². The highest BCUT2D eigenvalue weighted by Crippen LogP contribution is 2.26. The molecule has 3 N–H and O–H groups in total. The lowest BCUT2D eigenvalue weighted by molar-refractivity contribution is 0.131. The van der Waals surface area contributed by atoms with Gasteiger partial charge >= 0.3 is 0 Å². The smallest absolute Gasteiger partial charge is 0.177 e. The Bertz CT molecular complexity index is 515. The van der Waals surface area contributed by atoms with Crippen molar-refractivity contribution in [1.29, 1.82) is 0 Å². The van der Waals surface area contributed by atoms with E-state index in [2.05, 4.69) is 12.2 Å². The van der Waals surface area contributed by atoms with Crippen molar-refractivity contribution < 1.29 is 13.2 Å². The Morgan fingerprint density at radius 3 is 2.60 bits per heavy atom. The molecule has 0 aliphatic heterocycles. The van der Waals surface area contributed by atoms with Crippen molar-refractivity contribution in [3.05, 3.63) is 18.2 Å². The molecule has 114 valence electrons. The molecule has 1 rings (SSSR count). The Hall–Kier alpha value is -1.27. The number of unbranched alkanes of at least 4 members (excludes halogenated alkanes) is 1. The van der Waals surface area contributed by atoms with Gasteiger partial charge in [-0.25, -0.2) is 8.42 Å². The molecule has 1 aromatic carbocycles. The van der Waals surface area contributed by atoms with Crippen molar-refractivity contribution in [3.8, 4) is 0 Å². The molecule has 0 radical (unpaired) electrons. The first-order valence-corrected chi connectivity index (χ1v) is 8.76. The normalized spacial score (nSPS) is 11.5. The molecule has 20 heavy (non-hydrogen) atoms. The molecule has 0 fully saturated rings. The van der Waals surface area contributed by atoms with Crippen molar-refractivity contribution >= 4 is 21.2 Å². The van der Waals surface area contributed by atoms with Crippen molar-refractivity contribution in [2.24, 2.45) is 0 Å². The summed E-state index contributed by atoms with van der Waals surface area (Å²) in [6.45, 7) is 4.31. The summed E-state index contributed by atoms with van der Waals surface area (Å²) in [6.07, 6.45) is 4.22. The van der Waals surface area contributed by atoms with Gasteiger partial charge in [-0.2, -0.15) is 0 Å². The summed E-state index contributed by atoms with van der Waals surface area (Å²) in [5, 5.41) is 3.15. The quantitative estimate of drug-likeness (QED) is 0.540. The average molecular weight is 300 g/mol. The van der Waals surface area contributed by atoms with E-state index >= 15 is 0 Å². The predicted octanol–water partition coefficient (Wildman–Crippen LogP) is 2.29. The van der Waals surface area contributed by atoms with Gasteiger partial charge in [-0.3, -0.25) is 0 Å². The number of anilines is 2. The van der Waals surface area contributed by atoms with E-state index in [9.17, 15) is 8.42 Å². The number of nitrogen functional groups attached to an aromatic ring is 1. The fourth-order valence-electron chi connectivity index (χ4n) is 1.77. The highest BCUT2D eigenvalue weighted by atomic mass is 32.2. The van der Waals surface area contributed by atoms with Crippen LogP contribution in [0.3, 0.4) is 0 Å². The van der Waals surface area contributed by atoms with Crippen LogP contribution in [0.5, 0.6) is 0 Å². The Balaban J connectivity index is 2.45. The number of nitrogens with two attached hydrogens (primary N) is 1. The highest BCUT2D eigenvalue weighted by molar-refractivity contribution is 7.90. The summed E-state index contributed by atoms with van der Waals surface area (Å²) in [5.41, 5.74) is 6.81. The second kappa shape index (κ2) is 8.11. The third kappa shape index (κ3) is 5.38. The number of rotatable bonds is 9. The molecule has 0 heterocycles. The van der Waals surface area contributed by atoms with Crippen LogP contribution in [0.4, 0.5) is 11.4 Å². The van der Waals surface area contributed by atoms with Crippen molar-refractivity contribution in [2.75, 3.05) is 37.1 Å². The molecular formula is C14H24N2O3S. The molecule has 0 atom stereocenters. The second-order valence-electron chi connectivity index (χ2n) is 4.74. The molecule has 0 unspecified atom stereocenters. The number of sulfone groups is 1. The van der Waals surface area contributed by atoms with Crippen LogP contribution in [0.2, 0.25) is 0 Å². The minimum absolute atomic E-state index is 0.168. The topological polar surface area (TPSA) is 81.4 Å². The lowest BCUT2D eigenvalue weighted by Gasteiger charge is -2.12. The lowest BCUT2D eigenvalue weighted by atomic mass is 10.2. The monoisotopic (exact) mass is 300 g/mol. The number of nitrogens with one attached hydrogen (secondary N) is 1. The molecule has 0 aromatic heterocycles. The van der Waals surface area contributed by atoms with Crippen LogP contribution in [0, 0.1) is 0 Å². The first kappa shape index (κ1) is 16.8. The van der Waals surface area contributed by atoms with Crippen LogP contribution in [0.1, 0.15) is 26.2 Å². The van der Waals surface area contributed by atoms with Crippen molar-refractivity contribution in [3.63, 3.8) is 0 Å². The minimum atomic E-state index is -3.29. The Morgan fingerprint density at radius 1 is 1.25 bits per heavy atom. The second-order valence-corrected chi connectivity index (χ2v) is 6.72. The molecule has 1 aromatic rings. The summed E-state index contributed by atoms with van der Waals surface area (Å²) in [6, 6.07) is 4.98. The van der Waals surface area contributed by atoms with E-state index in [-0.39, 0.29) is 10.6 Å². The third-order valence-electron chi connectivity index (χ3n) is 2.89. The number of hydrogen-bond acceptors (Lipinski definition) is 5. The fourth-order valence-corrected chi connectivity index (χ4v) is 2.60. The van der Waals surface area contributed by atoms with Gasteiger partial charge in [0.25, 0.3) is 0 Å². The average Bonchev–Trinajstić information content (AvgIpc) is 2.38. The van der Waals surface area contributed by atoms with Gasteiger partial charge in [0.1, 0.15) is 0 Å². The van der Waals surface area contributed by atoms with E-state index < -0.39 is 9.84 Å². The van der Waals surface area contributed by atoms with E-state index in [0.717, 1.165) is 32.1 Å². The first-order valence-electron chi connectivity index (χ1n) is 6.87. The van der Waals surface area contributed by atoms with Crippen LogP contribution in [-0.2, 0) is 14.6 Å². The fraction of sp³-hybridized carbons (Fsp3) is 0.571. The van der Waals surface area contributed by atoms with Gasteiger partial charge < -0.3 is 15.8 Å². The number of ether oxygens (including phenoxy) is 1. The van der Waals surface area contributed by atoms with E-state index in [4.69, 9.17) is 10.5 Å². The molecule has 0 saturated carbocycles. The molecule has 0 aliphatic rings. The molecular weight excluding hydrogens is 276 g/mol. The molecule has 0 saturated heterocycles. The number of benzene rings is 1. The maximum atomic E-state index is 11.6. The molecule has 0 amide bonds. The van der Waals surface area contributed by atoms with Gasteiger partial charge in [-0.15, -0.1) is 0 Å². The van der Waals surface area contributed by atoms with E-state index in [1.165, 1.54) is 6.07 Å². The van der Waals surface area contributed by atoms with Gasteiger partial charge in [0, 0.05) is 26.0 Å². The number of para-hydroxylation sites is 1. The zero-order valence-corrected chi connectivity index (χ0v) is 13.0. The van der Waals surface area contributed by atoms with Crippen LogP contribution < -0.4 is 11.1 Å². The summed E-state index contributed by atoms with van der Waals surface area (Å²) >= 11 is 0. The molecule has 0 bridgehead atoms. The number of hydrogen-bond donors (Lipinski definition) is 2. The highest BCUT2D eigenvalue weighted by Gasteiger charge is 2.13. The zero-order chi connectivity index (χ0) is 15.0. The van der Waals surface area contributed by atoms with E-state index in [1.54, 1.807) is 12.1 Å². The summed E-state index contributed by atoms with van der Waals surface area (Å²) in [5.74, 6) is 0. The molecule has 0 spiro atoms. The zero-order valence-electron chi connectivity index (χ0n) is 12.2. The molecule has 5 nitrogen and oxygen atoms in total. The molecule has 6 heteroatoms. The van der Waals surface area contributed by atoms with Gasteiger partial charge in [0.15, 0.2) is 9.84 Å². The van der Waals surface area contributed by atoms with Gasteiger partial charge in [-0.1, -0.05) is 19.4 Å². The SMILES string of the molecule is CCCCOCCCNc1cccc(S(C)(=O)=O)c1N. The largest absolute Gasteiger partial charge is 0.396 e. The first-order chi connectivity index (χ1) is 9.46. The minimum Gasteiger partial charge on any atom is -0.396 e. The van der Waals surface area contributed by atoms with E-state index in [0.29, 0.717) is 18.8 Å². The van der Waals surface area contributed by atoms with Gasteiger partial charge in [-0.05, 0) is 25.0 Å². The van der Waals surface area contributed by atoms with E-state index in [1.807, 2.05) is 0 Å². The van der Waals surface area contributed by atoms with Gasteiger partial charge in [0.2, 0.25) is 0 Å². The lowest BCUT2D eigenvalue weighted by Crippen LogP contribution is -2.10. The Labute approximate surface area is 121 Å². The Kier molecular flexibility index (Phi) is 6.81. The van der Waals surface area contributed by atoms with Crippen LogP contribution >= 0.6 is 0 Å². The molecule has 0 aliphatic carbocycles. The van der Waals surface area contributed by atoms with Crippen LogP contribution in [0.25, 0.3) is 0 Å². The summed E-state index contributed by atoms with van der Waals surface area (Å²) < 4.78 is 28.6. The van der Waals surface area contributed by atoms with Crippen LogP contribution in [-0.4, -0.2) is 34.4 Å². The van der Waals surface area contributed by atoms with Crippen molar-refractivity contribution in [1.82, 2.24) is 0 Å². The Morgan fingerprint density at radius 2 is 1.95 bits per heavy atom. The maximum Gasteiger partial charge on any atom is 0.177 e. The van der Waals surface area contributed by atoms with Crippen LogP contribution in [0.15, 0.2) is 23.1 Å². The summed E-state index contributed by atoms with van der Waals surface area (Å²) in [7, 11) is -3.29.